The van der Waals surface area contributed by atoms with E-state index in [1.54, 1.807) is 12.1 Å². The molecule has 0 amide bonds. The van der Waals surface area contributed by atoms with Crippen LogP contribution in [0.25, 0.3) is 10.6 Å². The van der Waals surface area contributed by atoms with Crippen LogP contribution in [0.15, 0.2) is 24.3 Å². The van der Waals surface area contributed by atoms with Crippen molar-refractivity contribution in [1.82, 2.24) is 4.98 Å². The van der Waals surface area contributed by atoms with E-state index in [4.69, 9.17) is 5.26 Å². The predicted molar refractivity (Wildman–Crippen MR) is 77.7 cm³/mol. The topological polar surface area (TPSA) is 91.9 Å². The highest BCUT2D eigenvalue weighted by molar-refractivity contribution is 7.15. The zero-order valence-electron chi connectivity index (χ0n) is 10.8. The molecule has 0 fully saturated rings. The Morgan fingerprint density at radius 1 is 1.50 bits per heavy atom. The first-order valence-electron chi connectivity index (χ1n) is 6.04. The molecule has 1 N–H and O–H groups in total. The monoisotopic (exact) mass is 288 g/mol. The van der Waals surface area contributed by atoms with Gasteiger partial charge in [-0.25, -0.2) is 4.98 Å². The number of hydrogen-bond donors (Lipinski definition) is 1. The molecule has 0 saturated carbocycles. The molecule has 0 aliphatic rings. The molecule has 0 bridgehead atoms. The van der Waals surface area contributed by atoms with Crippen LogP contribution in [0.3, 0.4) is 0 Å². The molecular weight excluding hydrogens is 276 g/mol. The lowest BCUT2D eigenvalue weighted by Gasteiger charge is -2.05. The van der Waals surface area contributed by atoms with Crippen molar-refractivity contribution >= 4 is 22.8 Å². The maximum Gasteiger partial charge on any atom is 0.275 e. The molecule has 2 heterocycles. The number of nitriles is 1. The highest BCUT2D eigenvalue weighted by Gasteiger charge is 2.13. The van der Waals surface area contributed by atoms with Gasteiger partial charge in [-0.3, -0.25) is 10.1 Å². The summed E-state index contributed by atoms with van der Waals surface area (Å²) in [6.07, 6.45) is 0.900. The van der Waals surface area contributed by atoms with Crippen LogP contribution in [0.4, 0.5) is 11.5 Å². The van der Waals surface area contributed by atoms with Gasteiger partial charge >= 0.3 is 0 Å². The summed E-state index contributed by atoms with van der Waals surface area (Å²) in [6.45, 7) is 2.70. The molecule has 0 saturated heterocycles. The third kappa shape index (κ3) is 3.10. The minimum absolute atomic E-state index is 0.0134. The minimum atomic E-state index is -0.443. The first kappa shape index (κ1) is 14.0. The molecule has 2 aromatic heterocycles. The van der Waals surface area contributed by atoms with E-state index in [0.29, 0.717) is 22.9 Å². The normalized spacial score (nSPS) is 10.0. The van der Waals surface area contributed by atoms with Gasteiger partial charge in [0, 0.05) is 12.6 Å². The molecule has 0 spiro atoms. The molecule has 7 heteroatoms. The van der Waals surface area contributed by atoms with Gasteiger partial charge in [0.2, 0.25) is 0 Å². The molecule has 102 valence electrons. The van der Waals surface area contributed by atoms with Crippen molar-refractivity contribution in [3.05, 3.63) is 39.3 Å². The van der Waals surface area contributed by atoms with Crippen LogP contribution >= 0.6 is 11.3 Å². The largest absolute Gasteiger partial charge is 0.370 e. The van der Waals surface area contributed by atoms with Gasteiger partial charge in [0.1, 0.15) is 16.8 Å². The molecule has 0 aliphatic carbocycles. The Balaban J connectivity index is 2.43. The second-order valence-electron chi connectivity index (χ2n) is 4.06. The summed E-state index contributed by atoms with van der Waals surface area (Å²) < 4.78 is 0. The summed E-state index contributed by atoms with van der Waals surface area (Å²) in [6, 6.07) is 8.31. The average molecular weight is 288 g/mol. The Hall–Kier alpha value is -2.46. The summed E-state index contributed by atoms with van der Waals surface area (Å²) in [7, 11) is 0. The van der Waals surface area contributed by atoms with Crippen molar-refractivity contribution in [3.8, 4) is 16.6 Å². The molecule has 2 aromatic rings. The van der Waals surface area contributed by atoms with Crippen molar-refractivity contribution < 1.29 is 4.92 Å². The lowest BCUT2D eigenvalue weighted by Crippen LogP contribution is -2.03. The number of pyridine rings is 1. The molecule has 6 nitrogen and oxygen atoms in total. The molecular formula is C13H12N4O2S. The second-order valence-corrected chi connectivity index (χ2v) is 5.14. The van der Waals surface area contributed by atoms with Crippen molar-refractivity contribution in [2.24, 2.45) is 0 Å². The third-order valence-corrected chi connectivity index (χ3v) is 3.56. The molecule has 0 radical (unpaired) electrons. The Kier molecular flexibility index (Phi) is 4.27. The first-order chi connectivity index (χ1) is 9.63. The summed E-state index contributed by atoms with van der Waals surface area (Å²) in [5.41, 5.74) is 0.491. The Bertz CT molecular complexity index is 675. The van der Waals surface area contributed by atoms with E-state index in [1.807, 2.05) is 13.0 Å². The van der Waals surface area contributed by atoms with Crippen molar-refractivity contribution in [1.29, 1.82) is 5.26 Å². The summed E-state index contributed by atoms with van der Waals surface area (Å²) in [5.74, 6) is 0.475. The number of nitro groups is 1. The SMILES string of the molecule is CCCNc1cc([N+](=O)[O-])cc(-c2ccc(C#N)s2)n1. The Labute approximate surface area is 119 Å². The van der Waals surface area contributed by atoms with Crippen molar-refractivity contribution in [2.45, 2.75) is 13.3 Å². The summed E-state index contributed by atoms with van der Waals surface area (Å²) in [4.78, 5) is 16.2. The number of nitrogens with zero attached hydrogens (tertiary/aromatic N) is 3. The second kappa shape index (κ2) is 6.12. The van der Waals surface area contributed by atoms with Gasteiger partial charge in [-0.2, -0.15) is 5.26 Å². The van der Waals surface area contributed by atoms with Crippen LogP contribution < -0.4 is 5.32 Å². The number of nitrogens with one attached hydrogen (secondary N) is 1. The maximum absolute atomic E-state index is 11.0. The highest BCUT2D eigenvalue weighted by Crippen LogP contribution is 2.30. The van der Waals surface area contributed by atoms with Crippen LogP contribution in [-0.4, -0.2) is 16.5 Å². The Morgan fingerprint density at radius 3 is 2.90 bits per heavy atom. The molecule has 0 unspecified atom stereocenters. The lowest BCUT2D eigenvalue weighted by atomic mass is 10.2. The van der Waals surface area contributed by atoms with Gasteiger partial charge in [-0.05, 0) is 18.6 Å². The molecule has 2 rings (SSSR count). The van der Waals surface area contributed by atoms with Crippen LogP contribution in [0, 0.1) is 21.4 Å². The molecule has 20 heavy (non-hydrogen) atoms. The molecule has 0 aliphatic heterocycles. The van der Waals surface area contributed by atoms with E-state index in [1.165, 1.54) is 23.5 Å². The van der Waals surface area contributed by atoms with E-state index >= 15 is 0 Å². The maximum atomic E-state index is 11.0. The van der Waals surface area contributed by atoms with Gasteiger partial charge in [-0.15, -0.1) is 11.3 Å². The van der Waals surface area contributed by atoms with Crippen molar-refractivity contribution in [2.75, 3.05) is 11.9 Å². The van der Waals surface area contributed by atoms with Gasteiger partial charge in [0.05, 0.1) is 21.6 Å². The number of rotatable bonds is 5. The summed E-state index contributed by atoms with van der Waals surface area (Å²) >= 11 is 1.26. The van der Waals surface area contributed by atoms with Crippen LogP contribution in [0.5, 0.6) is 0 Å². The zero-order chi connectivity index (χ0) is 14.5. The molecule has 0 aromatic carbocycles. The zero-order valence-corrected chi connectivity index (χ0v) is 11.6. The standard InChI is InChI=1S/C13H12N4O2S/c1-2-5-15-13-7-9(17(18)19)6-11(16-13)12-4-3-10(8-14)20-12/h3-4,6-7H,2,5H2,1H3,(H,15,16). The number of aromatic nitrogens is 1. The third-order valence-electron chi connectivity index (χ3n) is 2.55. The van der Waals surface area contributed by atoms with Gasteiger partial charge in [0.15, 0.2) is 0 Å². The fraction of sp³-hybridized carbons (Fsp3) is 0.231. The average Bonchev–Trinajstić information content (AvgIpc) is 2.93. The first-order valence-corrected chi connectivity index (χ1v) is 6.86. The number of anilines is 1. The summed E-state index contributed by atoms with van der Waals surface area (Å²) in [5, 5.41) is 22.8. The minimum Gasteiger partial charge on any atom is -0.370 e. The predicted octanol–water partition coefficient (Wildman–Crippen LogP) is 3.41. The van der Waals surface area contributed by atoms with Crippen LogP contribution in [0.2, 0.25) is 0 Å². The van der Waals surface area contributed by atoms with E-state index < -0.39 is 4.92 Å². The molecule has 0 atom stereocenters. The fourth-order valence-electron chi connectivity index (χ4n) is 1.63. The van der Waals surface area contributed by atoms with E-state index in [2.05, 4.69) is 10.3 Å². The smallest absolute Gasteiger partial charge is 0.275 e. The van der Waals surface area contributed by atoms with E-state index in [-0.39, 0.29) is 5.69 Å². The van der Waals surface area contributed by atoms with Gasteiger partial charge in [0.25, 0.3) is 5.69 Å². The highest BCUT2D eigenvalue weighted by atomic mass is 32.1. The lowest BCUT2D eigenvalue weighted by molar-refractivity contribution is -0.384. The fourth-order valence-corrected chi connectivity index (χ4v) is 2.39. The van der Waals surface area contributed by atoms with Gasteiger partial charge < -0.3 is 5.32 Å². The quantitative estimate of drug-likeness (QED) is 0.672. The number of thiophene rings is 1. The van der Waals surface area contributed by atoms with E-state index in [9.17, 15) is 10.1 Å². The number of hydrogen-bond acceptors (Lipinski definition) is 6. The van der Waals surface area contributed by atoms with Crippen molar-refractivity contribution in [3.63, 3.8) is 0 Å². The van der Waals surface area contributed by atoms with Crippen LogP contribution in [-0.2, 0) is 0 Å². The van der Waals surface area contributed by atoms with E-state index in [0.717, 1.165) is 11.3 Å². The Morgan fingerprint density at radius 2 is 2.30 bits per heavy atom. The van der Waals surface area contributed by atoms with Crippen LogP contribution in [0.1, 0.15) is 18.2 Å². The van der Waals surface area contributed by atoms with Gasteiger partial charge in [-0.1, -0.05) is 6.92 Å².